The molecule has 4 nitrogen and oxygen atoms in total. The van der Waals surface area contributed by atoms with Crippen LogP contribution in [-0.4, -0.2) is 27.1 Å². The third-order valence-corrected chi connectivity index (χ3v) is 5.16. The first-order valence-corrected chi connectivity index (χ1v) is 8.36. The number of ether oxygens (including phenoxy) is 3. The summed E-state index contributed by atoms with van der Waals surface area (Å²) in [7, 11) is 4.93. The van der Waals surface area contributed by atoms with Crippen LogP contribution in [0.5, 0.6) is 17.2 Å². The van der Waals surface area contributed by atoms with E-state index in [9.17, 15) is 4.79 Å². The van der Waals surface area contributed by atoms with Gasteiger partial charge in [0.15, 0.2) is 17.3 Å². The summed E-state index contributed by atoms with van der Waals surface area (Å²) < 4.78 is 16.6. The Labute approximate surface area is 148 Å². The van der Waals surface area contributed by atoms with Crippen LogP contribution >= 0.6 is 0 Å². The van der Waals surface area contributed by atoms with Crippen molar-refractivity contribution in [3.8, 4) is 17.2 Å². The first-order chi connectivity index (χ1) is 11.9. The summed E-state index contributed by atoms with van der Waals surface area (Å²) in [5.41, 5.74) is 5.95. The lowest BCUT2D eigenvalue weighted by Crippen LogP contribution is -2.04. The molecule has 25 heavy (non-hydrogen) atoms. The Balaban J connectivity index is 2.22. The van der Waals surface area contributed by atoms with E-state index < -0.39 is 0 Å². The van der Waals surface area contributed by atoms with Crippen molar-refractivity contribution >= 4 is 5.78 Å². The zero-order valence-corrected chi connectivity index (χ0v) is 15.6. The van der Waals surface area contributed by atoms with Gasteiger partial charge in [-0.3, -0.25) is 4.79 Å². The second-order valence-corrected chi connectivity index (χ2v) is 6.57. The molecular weight excluding hydrogens is 316 g/mol. The van der Waals surface area contributed by atoms with Crippen LogP contribution < -0.4 is 14.2 Å². The third kappa shape index (κ3) is 2.66. The number of Topliss-reactive ketones (excluding diaryl/α,β-unsaturated/α-hetero) is 1. The second kappa shape index (κ2) is 6.43. The Morgan fingerprint density at radius 1 is 0.880 bits per heavy atom. The molecule has 0 aromatic heterocycles. The number of methoxy groups -OCH3 is 3. The van der Waals surface area contributed by atoms with Gasteiger partial charge in [0.25, 0.3) is 0 Å². The molecular formula is C21H24O4. The maximum atomic E-state index is 12.6. The average molecular weight is 340 g/mol. The summed E-state index contributed by atoms with van der Waals surface area (Å²) in [6, 6.07) is 6.03. The zero-order valence-electron chi connectivity index (χ0n) is 15.6. The smallest absolute Gasteiger partial charge is 0.164 e. The molecule has 1 unspecified atom stereocenters. The van der Waals surface area contributed by atoms with Gasteiger partial charge >= 0.3 is 0 Å². The van der Waals surface area contributed by atoms with Gasteiger partial charge in [-0.2, -0.15) is 0 Å². The van der Waals surface area contributed by atoms with Gasteiger partial charge in [0, 0.05) is 23.5 Å². The number of carbonyl (C=O) groups excluding carboxylic acids is 1. The van der Waals surface area contributed by atoms with E-state index in [4.69, 9.17) is 14.2 Å². The van der Waals surface area contributed by atoms with Crippen molar-refractivity contribution < 1.29 is 19.0 Å². The molecule has 0 fully saturated rings. The molecule has 2 aromatic carbocycles. The van der Waals surface area contributed by atoms with Crippen molar-refractivity contribution in [1.29, 1.82) is 0 Å². The standard InChI is InChI=1S/C21H24O4/c1-11-8-16-17(22)10-15(19(16)21(25-6)13(11)3)14-7-12(2)20(24-5)18(9-14)23-4/h7-9,15H,10H2,1-6H3. The zero-order chi connectivity index (χ0) is 18.3. The van der Waals surface area contributed by atoms with Gasteiger partial charge in [0.2, 0.25) is 0 Å². The van der Waals surface area contributed by atoms with Crippen LogP contribution in [0.1, 0.15) is 50.5 Å². The fourth-order valence-corrected chi connectivity index (χ4v) is 3.81. The van der Waals surface area contributed by atoms with E-state index in [1.807, 2.05) is 32.9 Å². The van der Waals surface area contributed by atoms with Gasteiger partial charge < -0.3 is 14.2 Å². The molecule has 0 saturated carbocycles. The summed E-state index contributed by atoms with van der Waals surface area (Å²) in [5.74, 6) is 2.35. The summed E-state index contributed by atoms with van der Waals surface area (Å²) in [4.78, 5) is 12.6. The Kier molecular flexibility index (Phi) is 4.46. The fourth-order valence-electron chi connectivity index (χ4n) is 3.81. The maximum absolute atomic E-state index is 12.6. The monoisotopic (exact) mass is 340 g/mol. The number of fused-ring (bicyclic) bond motifs is 1. The predicted octanol–water partition coefficient (Wildman–Crippen LogP) is 4.36. The van der Waals surface area contributed by atoms with Gasteiger partial charge in [-0.1, -0.05) is 6.07 Å². The fraction of sp³-hybridized carbons (Fsp3) is 0.381. The number of hydrogen-bond acceptors (Lipinski definition) is 4. The average Bonchev–Trinajstić information content (AvgIpc) is 2.91. The van der Waals surface area contributed by atoms with E-state index in [1.165, 1.54) is 0 Å². The molecule has 0 radical (unpaired) electrons. The van der Waals surface area contributed by atoms with Crippen LogP contribution in [0.25, 0.3) is 0 Å². The molecule has 0 saturated heterocycles. The highest BCUT2D eigenvalue weighted by Gasteiger charge is 2.35. The normalized spacial score (nSPS) is 15.9. The van der Waals surface area contributed by atoms with Gasteiger partial charge in [-0.15, -0.1) is 0 Å². The summed E-state index contributed by atoms with van der Waals surface area (Å²) in [6.07, 6.45) is 0.448. The molecule has 132 valence electrons. The topological polar surface area (TPSA) is 44.8 Å². The minimum Gasteiger partial charge on any atom is -0.496 e. The van der Waals surface area contributed by atoms with Gasteiger partial charge in [0.1, 0.15) is 5.75 Å². The van der Waals surface area contributed by atoms with Crippen molar-refractivity contribution in [1.82, 2.24) is 0 Å². The molecule has 2 aromatic rings. The van der Waals surface area contributed by atoms with Crippen molar-refractivity contribution in [3.63, 3.8) is 0 Å². The van der Waals surface area contributed by atoms with Crippen LogP contribution in [0.4, 0.5) is 0 Å². The van der Waals surface area contributed by atoms with Gasteiger partial charge in [0.05, 0.1) is 21.3 Å². The van der Waals surface area contributed by atoms with Crippen LogP contribution in [0.15, 0.2) is 18.2 Å². The number of ketones is 1. The van der Waals surface area contributed by atoms with Crippen molar-refractivity contribution in [2.75, 3.05) is 21.3 Å². The van der Waals surface area contributed by atoms with E-state index in [-0.39, 0.29) is 11.7 Å². The maximum Gasteiger partial charge on any atom is 0.164 e. The second-order valence-electron chi connectivity index (χ2n) is 6.57. The lowest BCUT2D eigenvalue weighted by Gasteiger charge is -2.20. The van der Waals surface area contributed by atoms with E-state index in [0.29, 0.717) is 12.2 Å². The van der Waals surface area contributed by atoms with Gasteiger partial charge in [-0.05, 0) is 55.2 Å². The Bertz CT molecular complexity index is 852. The number of hydrogen-bond donors (Lipinski definition) is 0. The number of rotatable bonds is 4. The minimum atomic E-state index is -0.0322. The quantitative estimate of drug-likeness (QED) is 0.830. The molecule has 0 N–H and O–H groups in total. The molecule has 0 amide bonds. The van der Waals surface area contributed by atoms with Crippen LogP contribution in [0.2, 0.25) is 0 Å². The van der Waals surface area contributed by atoms with Crippen LogP contribution in [-0.2, 0) is 0 Å². The van der Waals surface area contributed by atoms with Crippen molar-refractivity contribution in [2.24, 2.45) is 0 Å². The van der Waals surface area contributed by atoms with Gasteiger partial charge in [-0.25, -0.2) is 0 Å². The third-order valence-electron chi connectivity index (χ3n) is 5.16. The number of carbonyl (C=O) groups is 1. The Hall–Kier alpha value is -2.49. The molecule has 0 aliphatic heterocycles. The van der Waals surface area contributed by atoms with E-state index in [2.05, 4.69) is 6.07 Å². The molecule has 3 rings (SSSR count). The largest absolute Gasteiger partial charge is 0.496 e. The predicted molar refractivity (Wildman–Crippen MR) is 97.5 cm³/mol. The molecule has 1 aliphatic carbocycles. The van der Waals surface area contributed by atoms with Crippen LogP contribution in [0, 0.1) is 20.8 Å². The van der Waals surface area contributed by atoms with E-state index >= 15 is 0 Å². The van der Waals surface area contributed by atoms with Crippen LogP contribution in [0.3, 0.4) is 0 Å². The molecule has 1 atom stereocenters. The highest BCUT2D eigenvalue weighted by molar-refractivity contribution is 6.03. The number of aryl methyl sites for hydroxylation is 2. The minimum absolute atomic E-state index is 0.0322. The summed E-state index contributed by atoms with van der Waals surface area (Å²) in [6.45, 7) is 6.04. The SMILES string of the molecule is COc1cc(C2CC(=O)c3cc(C)c(C)c(OC)c32)cc(C)c1OC. The lowest BCUT2D eigenvalue weighted by molar-refractivity contribution is 0.0991. The molecule has 0 bridgehead atoms. The number of benzene rings is 2. The Morgan fingerprint density at radius 2 is 1.56 bits per heavy atom. The highest BCUT2D eigenvalue weighted by Crippen LogP contribution is 2.47. The first-order valence-electron chi connectivity index (χ1n) is 8.36. The first kappa shape index (κ1) is 17.3. The molecule has 0 spiro atoms. The summed E-state index contributed by atoms with van der Waals surface area (Å²) in [5, 5.41) is 0. The molecule has 1 aliphatic rings. The highest BCUT2D eigenvalue weighted by atomic mass is 16.5. The summed E-state index contributed by atoms with van der Waals surface area (Å²) >= 11 is 0. The van der Waals surface area contributed by atoms with E-state index in [0.717, 1.165) is 44.9 Å². The van der Waals surface area contributed by atoms with E-state index in [1.54, 1.807) is 21.3 Å². The van der Waals surface area contributed by atoms with Crippen molar-refractivity contribution in [3.05, 3.63) is 51.6 Å². The molecule has 4 heteroatoms. The molecule has 0 heterocycles. The Morgan fingerprint density at radius 3 is 2.16 bits per heavy atom. The lowest BCUT2D eigenvalue weighted by atomic mass is 9.89. The van der Waals surface area contributed by atoms with Crippen molar-refractivity contribution in [2.45, 2.75) is 33.1 Å².